The van der Waals surface area contributed by atoms with E-state index in [1.165, 1.54) is 0 Å². The van der Waals surface area contributed by atoms with Gasteiger partial charge >= 0.3 is 0 Å². The van der Waals surface area contributed by atoms with Crippen LogP contribution >= 0.6 is 0 Å². The average molecular weight is 351 g/mol. The van der Waals surface area contributed by atoms with Crippen molar-refractivity contribution in [1.82, 2.24) is 15.5 Å². The molecule has 1 aliphatic carbocycles. The molecule has 6 heteroatoms. The van der Waals surface area contributed by atoms with E-state index in [-0.39, 0.29) is 30.4 Å². The molecule has 1 fully saturated rings. The van der Waals surface area contributed by atoms with E-state index in [9.17, 15) is 9.90 Å². The summed E-state index contributed by atoms with van der Waals surface area (Å²) in [7, 11) is 0. The number of amides is 1. The Morgan fingerprint density at radius 2 is 2.15 bits per heavy atom. The monoisotopic (exact) mass is 351 g/mol. The van der Waals surface area contributed by atoms with E-state index in [0.717, 1.165) is 22.2 Å². The first-order valence-corrected chi connectivity index (χ1v) is 8.83. The highest BCUT2D eigenvalue weighted by Crippen LogP contribution is 2.38. The van der Waals surface area contributed by atoms with Crippen LogP contribution in [0, 0.1) is 12.8 Å². The quantitative estimate of drug-likeness (QED) is 0.738. The summed E-state index contributed by atoms with van der Waals surface area (Å²) >= 11 is 0. The molecule has 0 bridgehead atoms. The fourth-order valence-corrected chi connectivity index (χ4v) is 3.52. The van der Waals surface area contributed by atoms with Crippen molar-refractivity contribution in [1.29, 1.82) is 0 Å². The third kappa shape index (κ3) is 3.46. The summed E-state index contributed by atoms with van der Waals surface area (Å²) in [6.07, 6.45) is 3.03. The van der Waals surface area contributed by atoms with E-state index in [2.05, 4.69) is 21.5 Å². The summed E-state index contributed by atoms with van der Waals surface area (Å²) in [4.78, 5) is 17.0. The Morgan fingerprint density at radius 1 is 1.35 bits per heavy atom. The van der Waals surface area contributed by atoms with Crippen molar-refractivity contribution in [3.63, 3.8) is 0 Å². The Bertz CT molecular complexity index is 931. The average Bonchev–Trinajstić information content (AvgIpc) is 3.01. The maximum atomic E-state index is 12.5. The van der Waals surface area contributed by atoms with Crippen LogP contribution in [0.1, 0.15) is 35.9 Å². The van der Waals surface area contributed by atoms with E-state index in [4.69, 9.17) is 4.52 Å². The summed E-state index contributed by atoms with van der Waals surface area (Å²) in [6.45, 7) is 1.82. The molecule has 134 valence electrons. The summed E-state index contributed by atoms with van der Waals surface area (Å²) in [5.74, 6) is 0.623. The molecule has 26 heavy (non-hydrogen) atoms. The Morgan fingerprint density at radius 3 is 2.88 bits per heavy atom. The first-order chi connectivity index (χ1) is 12.6. The molecule has 0 radical (unpaired) electrons. The number of nitrogens with zero attached hydrogens (tertiary/aromatic N) is 2. The summed E-state index contributed by atoms with van der Waals surface area (Å²) in [5, 5.41) is 17.7. The van der Waals surface area contributed by atoms with Gasteiger partial charge in [0.15, 0.2) is 0 Å². The first-order valence-electron chi connectivity index (χ1n) is 8.83. The number of aliphatic hydroxyl groups is 1. The summed E-state index contributed by atoms with van der Waals surface area (Å²) in [5.41, 5.74) is 2.64. The van der Waals surface area contributed by atoms with Crippen LogP contribution in [0.4, 0.5) is 0 Å². The minimum Gasteiger partial charge on any atom is -0.393 e. The number of benzene rings is 1. The molecule has 1 amide bonds. The molecule has 0 aliphatic heterocycles. The topological polar surface area (TPSA) is 88.2 Å². The van der Waals surface area contributed by atoms with Gasteiger partial charge < -0.3 is 14.9 Å². The van der Waals surface area contributed by atoms with Crippen LogP contribution in [0.3, 0.4) is 0 Å². The summed E-state index contributed by atoms with van der Waals surface area (Å²) < 4.78 is 5.13. The van der Waals surface area contributed by atoms with E-state index < -0.39 is 0 Å². The zero-order valence-electron chi connectivity index (χ0n) is 14.6. The van der Waals surface area contributed by atoms with Crippen LogP contribution in [0.5, 0.6) is 0 Å². The SMILES string of the molecule is Cc1cc(CC(=O)N[C@@H](c2cnc3ccccc3c2)C2CC(O)C2)on1. The molecule has 0 unspecified atom stereocenters. The number of nitrogens with one attached hydrogen (secondary N) is 1. The van der Waals surface area contributed by atoms with Crippen LogP contribution in [-0.4, -0.2) is 27.3 Å². The number of hydrogen-bond donors (Lipinski definition) is 2. The van der Waals surface area contributed by atoms with Gasteiger partial charge in [0.2, 0.25) is 5.91 Å². The van der Waals surface area contributed by atoms with Crippen molar-refractivity contribution in [3.05, 3.63) is 59.6 Å². The molecule has 2 aromatic heterocycles. The molecule has 2 heterocycles. The van der Waals surface area contributed by atoms with Gasteiger partial charge in [0, 0.05) is 17.6 Å². The van der Waals surface area contributed by atoms with Gasteiger partial charge in [-0.05, 0) is 43.4 Å². The van der Waals surface area contributed by atoms with E-state index in [1.807, 2.05) is 37.4 Å². The van der Waals surface area contributed by atoms with E-state index in [0.29, 0.717) is 18.6 Å². The lowest BCUT2D eigenvalue weighted by molar-refractivity contribution is -0.122. The number of aliphatic hydroxyl groups excluding tert-OH is 1. The molecule has 6 nitrogen and oxygen atoms in total. The second kappa shape index (κ2) is 6.88. The number of aryl methyl sites for hydroxylation is 1. The number of fused-ring (bicyclic) bond motifs is 1. The number of aromatic nitrogens is 2. The van der Waals surface area contributed by atoms with Crippen molar-refractivity contribution in [2.24, 2.45) is 5.92 Å². The van der Waals surface area contributed by atoms with Gasteiger partial charge in [0.05, 0.1) is 29.8 Å². The highest BCUT2D eigenvalue weighted by molar-refractivity contribution is 5.80. The predicted molar refractivity (Wildman–Crippen MR) is 96.3 cm³/mol. The Hall–Kier alpha value is -2.73. The standard InChI is InChI=1S/C20H21N3O3/c1-12-6-17(26-23-12)10-19(25)22-20(14-8-16(24)9-14)15-7-13-4-2-3-5-18(13)21-11-15/h2-7,11,14,16,20,24H,8-10H2,1H3,(H,22,25)/t14?,16?,20-/m1/s1. The van der Waals surface area contributed by atoms with Crippen LogP contribution in [0.15, 0.2) is 47.1 Å². The Balaban J connectivity index is 1.56. The number of para-hydroxylation sites is 1. The minimum absolute atomic E-state index is 0.124. The Labute approximate surface area is 151 Å². The minimum atomic E-state index is -0.287. The second-order valence-corrected chi connectivity index (χ2v) is 7.00. The summed E-state index contributed by atoms with van der Waals surface area (Å²) in [6, 6.07) is 11.6. The van der Waals surface area contributed by atoms with Crippen LogP contribution in [-0.2, 0) is 11.2 Å². The van der Waals surface area contributed by atoms with Gasteiger partial charge in [0.1, 0.15) is 5.76 Å². The molecule has 4 rings (SSSR count). The lowest BCUT2D eigenvalue weighted by atomic mass is 9.75. The fraction of sp³-hybridized carbons (Fsp3) is 0.350. The molecule has 1 aliphatic rings. The largest absolute Gasteiger partial charge is 0.393 e. The van der Waals surface area contributed by atoms with Crippen LogP contribution in [0.2, 0.25) is 0 Å². The van der Waals surface area contributed by atoms with Crippen molar-refractivity contribution in [2.45, 2.75) is 38.3 Å². The normalized spacial score (nSPS) is 20.5. The molecular formula is C20H21N3O3. The van der Waals surface area contributed by atoms with Gasteiger partial charge in [0.25, 0.3) is 0 Å². The second-order valence-electron chi connectivity index (χ2n) is 7.00. The molecule has 3 aromatic rings. The third-order valence-corrected chi connectivity index (χ3v) is 4.92. The number of pyridine rings is 1. The van der Waals surface area contributed by atoms with E-state index >= 15 is 0 Å². The first kappa shape index (κ1) is 16.7. The zero-order valence-corrected chi connectivity index (χ0v) is 14.6. The molecule has 2 N–H and O–H groups in total. The smallest absolute Gasteiger partial charge is 0.228 e. The van der Waals surface area contributed by atoms with E-state index in [1.54, 1.807) is 6.07 Å². The Kier molecular flexibility index (Phi) is 4.42. The number of rotatable bonds is 5. The van der Waals surface area contributed by atoms with Crippen molar-refractivity contribution < 1.29 is 14.4 Å². The molecule has 0 saturated heterocycles. The third-order valence-electron chi connectivity index (χ3n) is 4.92. The van der Waals surface area contributed by atoms with Crippen molar-refractivity contribution in [3.8, 4) is 0 Å². The fourth-order valence-electron chi connectivity index (χ4n) is 3.52. The molecule has 1 aromatic carbocycles. The van der Waals surface area contributed by atoms with Crippen LogP contribution < -0.4 is 5.32 Å². The zero-order chi connectivity index (χ0) is 18.1. The van der Waals surface area contributed by atoms with Crippen molar-refractivity contribution >= 4 is 16.8 Å². The van der Waals surface area contributed by atoms with Gasteiger partial charge in [-0.2, -0.15) is 0 Å². The molecular weight excluding hydrogens is 330 g/mol. The van der Waals surface area contributed by atoms with Gasteiger partial charge in [-0.15, -0.1) is 0 Å². The lowest BCUT2D eigenvalue weighted by Gasteiger charge is -2.38. The van der Waals surface area contributed by atoms with Gasteiger partial charge in [-0.1, -0.05) is 23.4 Å². The maximum absolute atomic E-state index is 12.5. The molecule has 1 saturated carbocycles. The van der Waals surface area contributed by atoms with Gasteiger partial charge in [-0.3, -0.25) is 9.78 Å². The predicted octanol–water partition coefficient (Wildman–Crippen LogP) is 2.70. The lowest BCUT2D eigenvalue weighted by Crippen LogP contribution is -2.41. The highest BCUT2D eigenvalue weighted by atomic mass is 16.5. The van der Waals surface area contributed by atoms with Gasteiger partial charge in [-0.25, -0.2) is 0 Å². The van der Waals surface area contributed by atoms with Crippen LogP contribution in [0.25, 0.3) is 10.9 Å². The molecule has 0 spiro atoms. The number of hydrogen-bond acceptors (Lipinski definition) is 5. The number of carbonyl (C=O) groups excluding carboxylic acids is 1. The molecule has 1 atom stereocenters. The maximum Gasteiger partial charge on any atom is 0.228 e. The van der Waals surface area contributed by atoms with Crippen molar-refractivity contribution in [2.75, 3.05) is 0 Å². The highest BCUT2D eigenvalue weighted by Gasteiger charge is 2.36. The number of carbonyl (C=O) groups is 1.